The zero-order valence-corrected chi connectivity index (χ0v) is 19.1. The van der Waals surface area contributed by atoms with Crippen molar-refractivity contribution in [1.29, 1.82) is 0 Å². The molecule has 0 bridgehead atoms. The molecular formula is C26H30N6O. The molecule has 0 unspecified atom stereocenters. The molecular weight excluding hydrogens is 412 g/mol. The molecule has 5 heterocycles. The largest absolute Gasteiger partial charge is 0.346 e. The predicted octanol–water partition coefficient (Wildman–Crippen LogP) is 4.50. The highest BCUT2D eigenvalue weighted by atomic mass is 16.1. The lowest BCUT2D eigenvalue weighted by Crippen LogP contribution is -2.34. The van der Waals surface area contributed by atoms with E-state index < -0.39 is 0 Å². The van der Waals surface area contributed by atoms with Gasteiger partial charge in [-0.25, -0.2) is 19.3 Å². The summed E-state index contributed by atoms with van der Waals surface area (Å²) in [5.41, 5.74) is 5.75. The van der Waals surface area contributed by atoms with Gasteiger partial charge in [0.25, 0.3) is 0 Å². The summed E-state index contributed by atoms with van der Waals surface area (Å²) >= 11 is 0. The molecule has 1 aliphatic carbocycles. The molecule has 0 atom stereocenters. The molecule has 0 saturated carbocycles. The number of fused-ring (bicyclic) bond motifs is 2. The van der Waals surface area contributed by atoms with Gasteiger partial charge >= 0.3 is 5.69 Å². The van der Waals surface area contributed by atoms with Gasteiger partial charge in [0.05, 0.1) is 5.52 Å². The smallest absolute Gasteiger partial charge is 0.334 e. The number of imidazole rings is 1. The highest BCUT2D eigenvalue weighted by molar-refractivity contribution is 5.85. The second-order valence-corrected chi connectivity index (χ2v) is 9.62. The van der Waals surface area contributed by atoms with E-state index in [0.717, 1.165) is 90.8 Å². The van der Waals surface area contributed by atoms with Crippen LogP contribution in [-0.2, 0) is 6.54 Å². The molecule has 0 radical (unpaired) electrons. The zero-order valence-electron chi connectivity index (χ0n) is 19.1. The number of hydrogen-bond acceptors (Lipinski definition) is 4. The first kappa shape index (κ1) is 20.4. The van der Waals surface area contributed by atoms with E-state index in [1.807, 2.05) is 33.8 Å². The first-order chi connectivity index (χ1) is 16.2. The summed E-state index contributed by atoms with van der Waals surface area (Å²) in [6.45, 7) is 2.94. The van der Waals surface area contributed by atoms with Gasteiger partial charge in [0.1, 0.15) is 5.65 Å². The van der Waals surface area contributed by atoms with Crippen LogP contribution in [0, 0.1) is 5.92 Å². The van der Waals surface area contributed by atoms with Gasteiger partial charge < -0.3 is 9.88 Å². The van der Waals surface area contributed by atoms with Crippen molar-refractivity contribution in [3.63, 3.8) is 0 Å². The van der Waals surface area contributed by atoms with Crippen molar-refractivity contribution in [3.05, 3.63) is 53.3 Å². The third-order valence-electron chi connectivity index (χ3n) is 7.34. The molecule has 6 rings (SSSR count). The molecule has 0 aromatic carbocycles. The van der Waals surface area contributed by atoms with E-state index in [4.69, 9.17) is 4.98 Å². The molecule has 33 heavy (non-hydrogen) atoms. The summed E-state index contributed by atoms with van der Waals surface area (Å²) < 4.78 is 3.86. The third kappa shape index (κ3) is 3.70. The first-order valence-electron chi connectivity index (χ1n) is 12.1. The van der Waals surface area contributed by atoms with E-state index in [0.29, 0.717) is 5.92 Å². The Hall–Kier alpha value is -3.19. The topological polar surface area (TPSA) is 71.7 Å². The number of pyridine rings is 2. The average molecular weight is 443 g/mol. The quantitative estimate of drug-likeness (QED) is 0.505. The number of allylic oxidation sites excluding steroid dienone is 2. The minimum atomic E-state index is 0.0564. The van der Waals surface area contributed by atoms with Crippen LogP contribution >= 0.6 is 0 Å². The molecule has 4 aromatic heterocycles. The Morgan fingerprint density at radius 2 is 1.91 bits per heavy atom. The van der Waals surface area contributed by atoms with Crippen molar-refractivity contribution in [2.45, 2.75) is 45.1 Å². The molecule has 170 valence electrons. The number of aromatic amines is 1. The fourth-order valence-electron chi connectivity index (χ4n) is 5.35. The van der Waals surface area contributed by atoms with E-state index >= 15 is 0 Å². The van der Waals surface area contributed by atoms with Gasteiger partial charge in [-0.2, -0.15) is 0 Å². The number of nitrogens with one attached hydrogen (secondary N) is 1. The van der Waals surface area contributed by atoms with Crippen molar-refractivity contribution in [2.75, 3.05) is 20.1 Å². The maximum Gasteiger partial charge on any atom is 0.334 e. The Balaban J connectivity index is 1.48. The summed E-state index contributed by atoms with van der Waals surface area (Å²) in [7, 11) is 2.18. The van der Waals surface area contributed by atoms with Crippen molar-refractivity contribution >= 4 is 27.9 Å². The molecule has 2 aliphatic rings. The fraction of sp³-hybridized carbons (Fsp3) is 0.423. The van der Waals surface area contributed by atoms with Crippen LogP contribution in [-0.4, -0.2) is 49.1 Å². The molecule has 0 amide bonds. The highest BCUT2D eigenvalue weighted by Gasteiger charge is 2.23. The molecule has 0 spiro atoms. The van der Waals surface area contributed by atoms with Gasteiger partial charge in [0, 0.05) is 47.3 Å². The maximum absolute atomic E-state index is 13.7. The molecule has 1 fully saturated rings. The van der Waals surface area contributed by atoms with E-state index in [1.165, 1.54) is 6.42 Å². The Morgan fingerprint density at radius 1 is 1.09 bits per heavy atom. The Bertz CT molecular complexity index is 1400. The van der Waals surface area contributed by atoms with Crippen LogP contribution in [0.4, 0.5) is 0 Å². The fourth-order valence-corrected chi connectivity index (χ4v) is 5.35. The van der Waals surface area contributed by atoms with E-state index in [9.17, 15) is 4.79 Å². The van der Waals surface area contributed by atoms with Crippen molar-refractivity contribution < 1.29 is 0 Å². The molecule has 1 N–H and O–H groups in total. The van der Waals surface area contributed by atoms with Crippen LogP contribution in [0.5, 0.6) is 0 Å². The van der Waals surface area contributed by atoms with Crippen LogP contribution in [0.3, 0.4) is 0 Å². The van der Waals surface area contributed by atoms with Gasteiger partial charge in [-0.05, 0) is 82.8 Å². The van der Waals surface area contributed by atoms with Crippen molar-refractivity contribution in [3.8, 4) is 11.1 Å². The lowest BCUT2D eigenvalue weighted by Gasteiger charge is -2.29. The van der Waals surface area contributed by atoms with E-state index in [2.05, 4.69) is 40.1 Å². The molecule has 7 nitrogen and oxygen atoms in total. The standard InChI is InChI=1S/C26H30N6O/c1-30-11-8-18(9-12-30)17-31-23-14-21(20-13-19-7-10-27-24(19)28-15-20)16-29-25(23)32(26(31)33)22-5-3-2-4-6-22/h5,7,10,13-16,18H,2-4,6,8-9,11-12,17H2,1H3,(H,27,28). The summed E-state index contributed by atoms with van der Waals surface area (Å²) in [5.74, 6) is 0.514. The molecule has 1 saturated heterocycles. The van der Waals surface area contributed by atoms with Gasteiger partial charge in [0.15, 0.2) is 5.65 Å². The van der Waals surface area contributed by atoms with E-state index in [-0.39, 0.29) is 5.69 Å². The Labute approximate surface area is 192 Å². The van der Waals surface area contributed by atoms with Crippen LogP contribution in [0.1, 0.15) is 38.5 Å². The van der Waals surface area contributed by atoms with Crippen molar-refractivity contribution in [2.24, 2.45) is 5.92 Å². The summed E-state index contributed by atoms with van der Waals surface area (Å²) in [5, 5.41) is 1.07. The van der Waals surface area contributed by atoms with Gasteiger partial charge in [-0.3, -0.25) is 4.57 Å². The SMILES string of the molecule is CN1CCC(Cn2c(=O)n(C3=CCCCC3)c3ncc(-c4cnc5[nH]ccc5c4)cc32)CC1. The maximum atomic E-state index is 13.7. The van der Waals surface area contributed by atoms with Gasteiger partial charge in [0.2, 0.25) is 0 Å². The molecule has 7 heteroatoms. The molecule has 1 aliphatic heterocycles. The second-order valence-electron chi connectivity index (χ2n) is 9.62. The first-order valence-corrected chi connectivity index (χ1v) is 12.1. The van der Waals surface area contributed by atoms with Crippen molar-refractivity contribution in [1.82, 2.24) is 29.0 Å². The van der Waals surface area contributed by atoms with E-state index in [1.54, 1.807) is 0 Å². The number of aromatic nitrogens is 5. The number of hydrogen-bond donors (Lipinski definition) is 1. The zero-order chi connectivity index (χ0) is 22.4. The minimum Gasteiger partial charge on any atom is -0.346 e. The third-order valence-corrected chi connectivity index (χ3v) is 7.34. The highest BCUT2D eigenvalue weighted by Crippen LogP contribution is 2.29. The van der Waals surface area contributed by atoms with Crippen LogP contribution in [0.2, 0.25) is 0 Å². The Morgan fingerprint density at radius 3 is 2.73 bits per heavy atom. The number of rotatable bonds is 4. The lowest BCUT2D eigenvalue weighted by molar-refractivity contribution is 0.205. The van der Waals surface area contributed by atoms with Crippen LogP contribution in [0.25, 0.3) is 39.0 Å². The number of likely N-dealkylation sites (tertiary alicyclic amines) is 1. The van der Waals surface area contributed by atoms with Crippen LogP contribution < -0.4 is 5.69 Å². The average Bonchev–Trinajstić information content (AvgIpc) is 3.42. The number of piperidine rings is 1. The minimum absolute atomic E-state index is 0.0564. The summed E-state index contributed by atoms with van der Waals surface area (Å²) in [6, 6.07) is 6.29. The number of nitrogens with zero attached hydrogens (tertiary/aromatic N) is 5. The lowest BCUT2D eigenvalue weighted by atomic mass is 9.97. The number of H-pyrrole nitrogens is 1. The van der Waals surface area contributed by atoms with Gasteiger partial charge in [-0.1, -0.05) is 6.08 Å². The summed E-state index contributed by atoms with van der Waals surface area (Å²) in [4.78, 5) is 28.6. The Kier molecular flexibility index (Phi) is 5.14. The normalized spacial score (nSPS) is 18.3. The predicted molar refractivity (Wildman–Crippen MR) is 132 cm³/mol. The second kappa shape index (κ2) is 8.30. The monoisotopic (exact) mass is 442 g/mol. The molecule has 4 aromatic rings. The summed E-state index contributed by atoms with van der Waals surface area (Å²) in [6.07, 6.45) is 14.4. The van der Waals surface area contributed by atoms with Crippen LogP contribution in [0.15, 0.2) is 47.7 Å². The van der Waals surface area contributed by atoms with Gasteiger partial charge in [-0.15, -0.1) is 0 Å².